The molecule has 4 N–H and O–H groups in total. The van der Waals surface area contributed by atoms with Gasteiger partial charge in [0.25, 0.3) is 5.91 Å². The number of nitrogens with one attached hydrogen (secondary N) is 2. The lowest BCUT2D eigenvalue weighted by molar-refractivity contribution is -0.143. The van der Waals surface area contributed by atoms with Gasteiger partial charge in [0.2, 0.25) is 0 Å². The van der Waals surface area contributed by atoms with E-state index in [9.17, 15) is 40.7 Å². The normalized spacial score (nSPS) is 20.8. The minimum atomic E-state index is -5.21. The predicted octanol–water partition coefficient (Wildman–Crippen LogP) is 4.87. The van der Waals surface area contributed by atoms with Gasteiger partial charge in [-0.1, -0.05) is 0 Å². The molecule has 0 aliphatic carbocycles. The Balaban J connectivity index is 1.17. The standard InChI is InChI=1S/C33H41F6N7O4S/c34-32(35,36)24-15-20(16-25(28(24)40)33(37,38)39)17-27(29(47)44-13-11-43(12-14-44)22-1-6-41-7-2-22)50-31(49)45-8-4-23(5-9-45)46-10-3-21-18-51-19-26(21)42-30(46)48/h15-16,18-19,22-23,27,41H,1-14,17,40H2,(H,42,48)/t27-/m1/s1. The number of piperidine rings is 2. The molecular weight excluding hydrogens is 704 g/mol. The smallest absolute Gasteiger partial charge is 0.418 e. The van der Waals surface area contributed by atoms with Crippen molar-refractivity contribution in [1.29, 1.82) is 0 Å². The monoisotopic (exact) mass is 745 g/mol. The number of likely N-dealkylation sites (tertiary alicyclic amines) is 1. The van der Waals surface area contributed by atoms with E-state index in [0.717, 1.165) is 37.2 Å². The molecule has 4 amide bonds. The van der Waals surface area contributed by atoms with E-state index in [4.69, 9.17) is 10.5 Å². The van der Waals surface area contributed by atoms with Gasteiger partial charge in [-0.25, -0.2) is 9.59 Å². The van der Waals surface area contributed by atoms with Crippen molar-refractivity contribution in [1.82, 2.24) is 24.9 Å². The number of halogens is 6. The summed E-state index contributed by atoms with van der Waals surface area (Å²) in [7, 11) is 0. The van der Waals surface area contributed by atoms with Gasteiger partial charge in [-0.15, -0.1) is 11.3 Å². The number of amides is 4. The van der Waals surface area contributed by atoms with Crippen LogP contribution in [0.4, 0.5) is 47.3 Å². The fraction of sp³-hybridized carbons (Fsp3) is 0.606. The summed E-state index contributed by atoms with van der Waals surface area (Å²) >= 11 is 1.50. The van der Waals surface area contributed by atoms with Gasteiger partial charge in [0.1, 0.15) is 0 Å². The summed E-state index contributed by atoms with van der Waals surface area (Å²) in [5.41, 5.74) is 1.83. The number of piperazine rings is 1. The molecular formula is C33H41F6N7O4S. The van der Waals surface area contributed by atoms with E-state index in [2.05, 4.69) is 15.5 Å². The SMILES string of the molecule is Nc1c(C(F)(F)F)cc(C[C@@H](OC(=O)N2CCC(N3CCc4cscc4NC3=O)CC2)C(=O)N2CCN(C3CCNCC3)CC2)cc1C(F)(F)F. The van der Waals surface area contributed by atoms with Crippen molar-refractivity contribution in [2.24, 2.45) is 0 Å². The molecule has 1 aromatic carbocycles. The van der Waals surface area contributed by atoms with Gasteiger partial charge in [0, 0.05) is 69.7 Å². The lowest BCUT2D eigenvalue weighted by atomic mass is 9.97. The van der Waals surface area contributed by atoms with Crippen LogP contribution in [0.3, 0.4) is 0 Å². The molecule has 0 spiro atoms. The molecule has 0 saturated carbocycles. The van der Waals surface area contributed by atoms with Crippen LogP contribution in [-0.4, -0.2) is 115 Å². The summed E-state index contributed by atoms with van der Waals surface area (Å²) < 4.78 is 88.7. The number of carbonyl (C=O) groups excluding carboxylic acids is 3. The van der Waals surface area contributed by atoms with Gasteiger partial charge >= 0.3 is 24.5 Å². The highest BCUT2D eigenvalue weighted by atomic mass is 32.1. The average molecular weight is 746 g/mol. The second kappa shape index (κ2) is 15.1. The van der Waals surface area contributed by atoms with Gasteiger partial charge in [0.15, 0.2) is 6.10 Å². The Morgan fingerprint density at radius 1 is 0.863 bits per heavy atom. The van der Waals surface area contributed by atoms with Gasteiger partial charge in [-0.05, 0) is 73.8 Å². The molecule has 2 aromatic rings. The molecule has 5 heterocycles. The number of nitrogen functional groups attached to an aromatic ring is 1. The second-order valence-corrected chi connectivity index (χ2v) is 14.2. The van der Waals surface area contributed by atoms with E-state index in [1.807, 2.05) is 10.8 Å². The van der Waals surface area contributed by atoms with Crippen LogP contribution >= 0.6 is 11.3 Å². The second-order valence-electron chi connectivity index (χ2n) is 13.4. The number of ether oxygens (including phenoxy) is 1. The number of nitrogens with two attached hydrogens (primary N) is 1. The fourth-order valence-electron chi connectivity index (χ4n) is 7.44. The molecule has 0 unspecified atom stereocenters. The third-order valence-corrected chi connectivity index (χ3v) is 11.1. The molecule has 280 valence electrons. The van der Waals surface area contributed by atoms with Crippen molar-refractivity contribution in [2.45, 2.75) is 69.1 Å². The third kappa shape index (κ3) is 8.49. The van der Waals surface area contributed by atoms with E-state index >= 15 is 0 Å². The Kier molecular flexibility index (Phi) is 10.9. The first kappa shape index (κ1) is 37.0. The van der Waals surface area contributed by atoms with E-state index < -0.39 is 59.3 Å². The molecule has 4 aliphatic rings. The van der Waals surface area contributed by atoms with Crippen LogP contribution in [0.2, 0.25) is 0 Å². The van der Waals surface area contributed by atoms with E-state index in [-0.39, 0.29) is 38.3 Å². The highest BCUT2D eigenvalue weighted by molar-refractivity contribution is 7.08. The molecule has 3 fully saturated rings. The van der Waals surface area contributed by atoms with Crippen molar-refractivity contribution in [3.05, 3.63) is 45.1 Å². The first-order valence-corrected chi connectivity index (χ1v) is 18.0. The summed E-state index contributed by atoms with van der Waals surface area (Å²) in [6, 6.07) is 0.879. The lowest BCUT2D eigenvalue weighted by Crippen LogP contribution is -2.56. The topological polar surface area (TPSA) is 123 Å². The van der Waals surface area contributed by atoms with Gasteiger partial charge in [-0.2, -0.15) is 26.3 Å². The van der Waals surface area contributed by atoms with Crippen molar-refractivity contribution in [3.63, 3.8) is 0 Å². The number of hydrogen-bond acceptors (Lipinski definition) is 8. The number of thiophene rings is 1. The van der Waals surface area contributed by atoms with E-state index in [1.165, 1.54) is 21.1 Å². The minimum absolute atomic E-state index is 0.169. The van der Waals surface area contributed by atoms with Crippen molar-refractivity contribution < 1.29 is 45.5 Å². The Labute approximate surface area is 295 Å². The number of rotatable bonds is 6. The summed E-state index contributed by atoms with van der Waals surface area (Å²) in [4.78, 5) is 47.2. The Bertz CT molecular complexity index is 1550. The van der Waals surface area contributed by atoms with Crippen LogP contribution in [-0.2, 0) is 34.7 Å². The molecule has 1 atom stereocenters. The number of anilines is 2. The highest BCUT2D eigenvalue weighted by Crippen LogP contribution is 2.42. The fourth-order valence-corrected chi connectivity index (χ4v) is 8.26. The molecule has 0 bridgehead atoms. The number of fused-ring (bicyclic) bond motifs is 1. The maximum Gasteiger partial charge on any atom is 0.418 e. The van der Waals surface area contributed by atoms with Crippen LogP contribution < -0.4 is 16.4 Å². The van der Waals surface area contributed by atoms with Crippen LogP contribution in [0.1, 0.15) is 47.9 Å². The maximum atomic E-state index is 13.9. The molecule has 51 heavy (non-hydrogen) atoms. The Morgan fingerprint density at radius 3 is 2.10 bits per heavy atom. The zero-order valence-electron chi connectivity index (χ0n) is 27.8. The van der Waals surface area contributed by atoms with Crippen LogP contribution in [0.5, 0.6) is 0 Å². The zero-order chi connectivity index (χ0) is 36.5. The molecule has 18 heteroatoms. The third-order valence-electron chi connectivity index (χ3n) is 10.3. The Hall–Kier alpha value is -3.77. The zero-order valence-corrected chi connectivity index (χ0v) is 28.6. The molecule has 4 aliphatic heterocycles. The number of nitrogens with zero attached hydrogens (tertiary/aromatic N) is 4. The molecule has 1 aromatic heterocycles. The van der Waals surface area contributed by atoms with Crippen LogP contribution in [0, 0.1) is 0 Å². The van der Waals surface area contributed by atoms with Gasteiger partial charge < -0.3 is 35.8 Å². The number of urea groups is 1. The largest absolute Gasteiger partial charge is 0.436 e. The Morgan fingerprint density at radius 2 is 1.49 bits per heavy atom. The van der Waals surface area contributed by atoms with Crippen molar-refractivity contribution in [2.75, 3.05) is 70.0 Å². The highest BCUT2D eigenvalue weighted by Gasteiger charge is 2.42. The first-order chi connectivity index (χ1) is 24.2. The van der Waals surface area contributed by atoms with Crippen LogP contribution in [0.15, 0.2) is 22.9 Å². The maximum absolute atomic E-state index is 13.9. The van der Waals surface area contributed by atoms with Crippen LogP contribution in [0.25, 0.3) is 0 Å². The number of carbonyl (C=O) groups is 3. The van der Waals surface area contributed by atoms with E-state index in [0.29, 0.717) is 57.1 Å². The predicted molar refractivity (Wildman–Crippen MR) is 177 cm³/mol. The number of benzene rings is 1. The van der Waals surface area contributed by atoms with Crippen molar-refractivity contribution >= 4 is 40.7 Å². The summed E-state index contributed by atoms with van der Waals surface area (Å²) in [6.07, 6.45) is -10.4. The number of hydrogen-bond donors (Lipinski definition) is 3. The van der Waals surface area contributed by atoms with Gasteiger partial charge in [0.05, 0.1) is 22.5 Å². The minimum Gasteiger partial charge on any atom is -0.436 e. The summed E-state index contributed by atoms with van der Waals surface area (Å²) in [5.74, 6) is -0.698. The molecule has 0 radical (unpaired) electrons. The summed E-state index contributed by atoms with van der Waals surface area (Å²) in [5, 5.41) is 10.1. The molecule has 11 nitrogen and oxygen atoms in total. The quantitative estimate of drug-likeness (QED) is 0.285. The molecule has 6 rings (SSSR count). The lowest BCUT2D eigenvalue weighted by Gasteiger charge is -2.41. The average Bonchev–Trinajstić information content (AvgIpc) is 3.47. The summed E-state index contributed by atoms with van der Waals surface area (Å²) in [6.45, 7) is 4.16. The number of alkyl halides is 6. The van der Waals surface area contributed by atoms with Gasteiger partial charge in [-0.3, -0.25) is 9.69 Å². The van der Waals surface area contributed by atoms with Crippen molar-refractivity contribution in [3.8, 4) is 0 Å². The first-order valence-electron chi connectivity index (χ1n) is 17.1. The molecule has 3 saturated heterocycles. The van der Waals surface area contributed by atoms with E-state index in [1.54, 1.807) is 4.90 Å².